The predicted molar refractivity (Wildman–Crippen MR) is 47.3 cm³/mol. The Kier molecular flexibility index (Phi) is 5.21. The van der Waals surface area contributed by atoms with Gasteiger partial charge in [0.25, 0.3) is 0 Å². The average Bonchev–Trinajstić information content (AvgIpc) is 1.96. The molecular formula is C6H12N2O3P+. The summed E-state index contributed by atoms with van der Waals surface area (Å²) in [6, 6.07) is 0. The molecule has 5 nitrogen and oxygen atoms in total. The quantitative estimate of drug-likeness (QED) is 0.389. The number of hydrogen-bond donors (Lipinski definition) is 0. The highest BCUT2D eigenvalue weighted by Gasteiger charge is 2.22. The minimum atomic E-state index is -2.27. The Balaban J connectivity index is 3.76. The molecule has 0 heterocycles. The molecule has 0 aromatic carbocycles. The van der Waals surface area contributed by atoms with Gasteiger partial charge in [0.1, 0.15) is 0 Å². The van der Waals surface area contributed by atoms with E-state index in [0.29, 0.717) is 11.4 Å². The molecule has 0 atom stereocenters. The van der Waals surface area contributed by atoms with Crippen LogP contribution in [0.25, 0.3) is 0 Å². The van der Waals surface area contributed by atoms with Gasteiger partial charge in [-0.3, -0.25) is 0 Å². The SMILES string of the molecule is CC(C)=NO[P+](=O)ON=C(C)C. The van der Waals surface area contributed by atoms with E-state index in [1.165, 1.54) is 0 Å². The van der Waals surface area contributed by atoms with Crippen molar-refractivity contribution < 1.29 is 13.8 Å². The molecule has 0 saturated carbocycles. The molecule has 0 radical (unpaired) electrons. The molecule has 0 bridgehead atoms. The third-order valence-electron chi connectivity index (χ3n) is 0.580. The fourth-order valence-corrected chi connectivity index (χ4v) is 0.735. The van der Waals surface area contributed by atoms with Gasteiger partial charge in [-0.1, -0.05) is 9.25 Å². The third-order valence-corrected chi connectivity index (χ3v) is 1.01. The third kappa shape index (κ3) is 7.15. The summed E-state index contributed by atoms with van der Waals surface area (Å²) in [4.78, 5) is 0. The lowest BCUT2D eigenvalue weighted by atomic mass is 10.5. The Morgan fingerprint density at radius 2 is 1.33 bits per heavy atom. The summed E-state index contributed by atoms with van der Waals surface area (Å²) < 4.78 is 19.6. The first-order chi connectivity index (χ1) is 5.52. The molecule has 0 amide bonds. The van der Waals surface area contributed by atoms with Crippen LogP contribution < -0.4 is 0 Å². The molecule has 6 heteroatoms. The van der Waals surface area contributed by atoms with Crippen molar-refractivity contribution in [1.29, 1.82) is 0 Å². The van der Waals surface area contributed by atoms with Crippen LogP contribution in [0.3, 0.4) is 0 Å². The zero-order chi connectivity index (χ0) is 9.56. The second-order valence-corrected chi connectivity index (χ2v) is 3.24. The normalized spacial score (nSPS) is 8.33. The Bertz CT molecular complexity index is 195. The van der Waals surface area contributed by atoms with Gasteiger partial charge in [0.05, 0.1) is 11.4 Å². The van der Waals surface area contributed by atoms with Gasteiger partial charge in [0, 0.05) is 4.57 Å². The van der Waals surface area contributed by atoms with Gasteiger partial charge in [0.2, 0.25) is 0 Å². The fraction of sp³-hybridized carbons (Fsp3) is 0.667. The Labute approximate surface area is 72.4 Å². The second kappa shape index (κ2) is 5.66. The zero-order valence-electron chi connectivity index (χ0n) is 7.57. The molecule has 0 fully saturated rings. The Morgan fingerprint density at radius 1 is 1.00 bits per heavy atom. The van der Waals surface area contributed by atoms with Crippen molar-refractivity contribution in [2.24, 2.45) is 10.3 Å². The summed E-state index contributed by atoms with van der Waals surface area (Å²) >= 11 is 0. The van der Waals surface area contributed by atoms with Crippen LogP contribution in [-0.4, -0.2) is 11.4 Å². The molecule has 68 valence electrons. The Hall–Kier alpha value is -0.960. The highest BCUT2D eigenvalue weighted by molar-refractivity contribution is 7.33. The van der Waals surface area contributed by atoms with Crippen molar-refractivity contribution in [3.8, 4) is 0 Å². The molecule has 0 rings (SSSR count). The minimum Gasteiger partial charge on any atom is -0.0976 e. The Morgan fingerprint density at radius 3 is 1.58 bits per heavy atom. The van der Waals surface area contributed by atoms with E-state index in [1.54, 1.807) is 27.7 Å². The van der Waals surface area contributed by atoms with Crippen LogP contribution >= 0.6 is 8.25 Å². The summed E-state index contributed by atoms with van der Waals surface area (Å²) in [6.45, 7) is 6.88. The average molecular weight is 191 g/mol. The maximum absolute atomic E-state index is 10.7. The molecule has 0 saturated heterocycles. The molecule has 0 aliphatic heterocycles. The van der Waals surface area contributed by atoms with Crippen molar-refractivity contribution in [3.05, 3.63) is 0 Å². The van der Waals surface area contributed by atoms with Crippen molar-refractivity contribution in [2.75, 3.05) is 0 Å². The summed E-state index contributed by atoms with van der Waals surface area (Å²) in [5.41, 5.74) is 1.33. The van der Waals surface area contributed by atoms with E-state index in [2.05, 4.69) is 19.6 Å². The molecular weight excluding hydrogens is 179 g/mol. The van der Waals surface area contributed by atoms with Gasteiger partial charge in [0.15, 0.2) is 0 Å². The lowest BCUT2D eigenvalue weighted by molar-refractivity contribution is 0.241. The van der Waals surface area contributed by atoms with Gasteiger partial charge < -0.3 is 0 Å². The predicted octanol–water partition coefficient (Wildman–Crippen LogP) is 2.47. The standard InChI is InChI=1S/C6H12N2O3P/c1-5(2)7-10-12(9)11-8-6(3)4/h1-4H3/q+1. The number of rotatable bonds is 4. The maximum atomic E-state index is 10.7. The first kappa shape index (κ1) is 11.0. The maximum Gasteiger partial charge on any atom is 0.851 e. The highest BCUT2D eigenvalue weighted by Crippen LogP contribution is 2.24. The van der Waals surface area contributed by atoms with Crippen LogP contribution in [0.2, 0.25) is 0 Å². The van der Waals surface area contributed by atoms with Crippen molar-refractivity contribution in [3.63, 3.8) is 0 Å². The van der Waals surface area contributed by atoms with Crippen LogP contribution in [0.4, 0.5) is 0 Å². The van der Waals surface area contributed by atoms with Crippen LogP contribution in [-0.2, 0) is 13.8 Å². The second-order valence-electron chi connectivity index (χ2n) is 2.46. The van der Waals surface area contributed by atoms with Crippen LogP contribution in [0.5, 0.6) is 0 Å². The van der Waals surface area contributed by atoms with Gasteiger partial charge in [-0.15, -0.1) is 0 Å². The molecule has 0 unspecified atom stereocenters. The van der Waals surface area contributed by atoms with E-state index in [0.717, 1.165) is 0 Å². The van der Waals surface area contributed by atoms with E-state index in [9.17, 15) is 4.57 Å². The summed E-state index contributed by atoms with van der Waals surface area (Å²) in [5, 5.41) is 6.88. The lowest BCUT2D eigenvalue weighted by Gasteiger charge is -1.82. The smallest absolute Gasteiger partial charge is 0.0976 e. The van der Waals surface area contributed by atoms with Crippen molar-refractivity contribution in [1.82, 2.24) is 0 Å². The number of nitrogens with zero attached hydrogens (tertiary/aromatic N) is 2. The molecule has 12 heavy (non-hydrogen) atoms. The van der Waals surface area contributed by atoms with E-state index >= 15 is 0 Å². The van der Waals surface area contributed by atoms with Gasteiger partial charge >= 0.3 is 8.25 Å². The fourth-order valence-electron chi connectivity index (χ4n) is 0.245. The van der Waals surface area contributed by atoms with Crippen molar-refractivity contribution >= 4 is 19.7 Å². The first-order valence-corrected chi connectivity index (χ1v) is 4.46. The molecule has 0 aromatic rings. The molecule has 0 aromatic heterocycles. The minimum absolute atomic E-state index is 0.666. The van der Waals surface area contributed by atoms with Crippen LogP contribution in [0, 0.1) is 0 Å². The summed E-state index contributed by atoms with van der Waals surface area (Å²) in [6.07, 6.45) is 0. The molecule has 0 aliphatic rings. The zero-order valence-corrected chi connectivity index (χ0v) is 8.46. The van der Waals surface area contributed by atoms with E-state index in [4.69, 9.17) is 0 Å². The van der Waals surface area contributed by atoms with E-state index in [1.807, 2.05) is 0 Å². The number of oxime groups is 2. The van der Waals surface area contributed by atoms with Gasteiger partial charge in [-0.2, -0.15) is 0 Å². The lowest BCUT2D eigenvalue weighted by Crippen LogP contribution is -1.83. The highest BCUT2D eigenvalue weighted by atomic mass is 31.1. The molecule has 0 N–H and O–H groups in total. The van der Waals surface area contributed by atoms with Crippen LogP contribution in [0.1, 0.15) is 27.7 Å². The van der Waals surface area contributed by atoms with Crippen molar-refractivity contribution in [2.45, 2.75) is 27.7 Å². The number of hydrogen-bond acceptors (Lipinski definition) is 5. The summed E-state index contributed by atoms with van der Waals surface area (Å²) in [5.74, 6) is 0. The van der Waals surface area contributed by atoms with Gasteiger partial charge in [-0.25, -0.2) is 0 Å². The molecule has 0 spiro atoms. The summed E-state index contributed by atoms with van der Waals surface area (Å²) in [7, 11) is -2.27. The largest absolute Gasteiger partial charge is 0.851 e. The molecule has 0 aliphatic carbocycles. The van der Waals surface area contributed by atoms with E-state index < -0.39 is 8.25 Å². The van der Waals surface area contributed by atoms with Crippen LogP contribution in [0.15, 0.2) is 10.3 Å². The van der Waals surface area contributed by atoms with E-state index in [-0.39, 0.29) is 0 Å². The first-order valence-electron chi connectivity index (χ1n) is 3.36. The van der Waals surface area contributed by atoms with Gasteiger partial charge in [-0.05, 0) is 38.0 Å². The topological polar surface area (TPSA) is 60.2 Å². The monoisotopic (exact) mass is 191 g/mol.